The summed E-state index contributed by atoms with van der Waals surface area (Å²) < 4.78 is 5.80. The van der Waals surface area contributed by atoms with Crippen LogP contribution in [0.3, 0.4) is 0 Å². The molecule has 33 heavy (non-hydrogen) atoms. The van der Waals surface area contributed by atoms with Crippen LogP contribution in [-0.4, -0.2) is 66.9 Å². The molecule has 3 aromatic rings. The molecular weight excluding hydrogens is 434 g/mol. The largest absolute Gasteiger partial charge is 0.489 e. The van der Waals surface area contributed by atoms with Crippen LogP contribution in [-0.2, 0) is 6.61 Å². The maximum atomic E-state index is 12.9. The van der Waals surface area contributed by atoms with Crippen LogP contribution >= 0.6 is 11.3 Å². The Bertz CT molecular complexity index is 1030. The van der Waals surface area contributed by atoms with Gasteiger partial charge in [0.15, 0.2) is 5.13 Å². The number of anilines is 2. The molecule has 1 saturated heterocycles. The number of nitrogen functional groups attached to an aromatic ring is 1. The number of hydrogen-bond donors (Lipinski definition) is 2. The van der Waals surface area contributed by atoms with Crippen LogP contribution in [0.4, 0.5) is 10.9 Å². The Kier molecular flexibility index (Phi) is 7.93. The number of thiazole rings is 1. The van der Waals surface area contributed by atoms with Gasteiger partial charge in [0.2, 0.25) is 5.78 Å². The zero-order valence-electron chi connectivity index (χ0n) is 19.0. The van der Waals surface area contributed by atoms with Gasteiger partial charge in [-0.15, -0.1) is 0 Å². The van der Waals surface area contributed by atoms with E-state index < -0.39 is 0 Å². The number of rotatable bonds is 10. The fourth-order valence-electron chi connectivity index (χ4n) is 3.71. The number of carbonyl (C=O) groups excluding carboxylic acids is 1. The van der Waals surface area contributed by atoms with Gasteiger partial charge in [-0.3, -0.25) is 4.79 Å². The molecule has 7 nitrogen and oxygen atoms in total. The summed E-state index contributed by atoms with van der Waals surface area (Å²) in [5, 5.41) is 4.01. The monoisotopic (exact) mass is 465 g/mol. The first-order chi connectivity index (χ1) is 16.1. The third kappa shape index (κ3) is 6.54. The third-order valence-electron chi connectivity index (χ3n) is 5.75. The Morgan fingerprint density at radius 1 is 1.09 bits per heavy atom. The molecule has 2 aromatic carbocycles. The summed E-state index contributed by atoms with van der Waals surface area (Å²) in [6, 6.07) is 17.1. The smallest absolute Gasteiger partial charge is 0.206 e. The number of nitrogens with two attached hydrogens (primary N) is 1. The number of likely N-dealkylation sites (N-methyl/N-ethyl adjacent to an activating group) is 1. The highest BCUT2D eigenvalue weighted by Gasteiger charge is 2.18. The predicted octanol–water partition coefficient (Wildman–Crippen LogP) is 3.58. The van der Waals surface area contributed by atoms with Gasteiger partial charge in [-0.05, 0) is 49.8 Å². The van der Waals surface area contributed by atoms with Gasteiger partial charge in [0.05, 0.1) is 0 Å². The third-order valence-corrected chi connectivity index (χ3v) is 6.78. The minimum absolute atomic E-state index is 0.120. The maximum Gasteiger partial charge on any atom is 0.206 e. The van der Waals surface area contributed by atoms with Crippen LogP contribution in [0.2, 0.25) is 0 Å². The van der Waals surface area contributed by atoms with Crippen molar-refractivity contribution in [1.29, 1.82) is 0 Å². The number of hydrogen-bond acceptors (Lipinski definition) is 8. The molecule has 0 atom stereocenters. The Morgan fingerprint density at radius 2 is 1.82 bits per heavy atom. The Morgan fingerprint density at radius 3 is 2.55 bits per heavy atom. The first-order valence-corrected chi connectivity index (χ1v) is 12.1. The van der Waals surface area contributed by atoms with Crippen molar-refractivity contribution in [2.24, 2.45) is 0 Å². The molecule has 1 aliphatic heterocycles. The van der Waals surface area contributed by atoms with Gasteiger partial charge in [-0.1, -0.05) is 41.7 Å². The molecule has 2 heterocycles. The van der Waals surface area contributed by atoms with Crippen molar-refractivity contribution in [3.05, 3.63) is 70.6 Å². The molecule has 8 heteroatoms. The highest BCUT2D eigenvalue weighted by atomic mass is 32.1. The van der Waals surface area contributed by atoms with E-state index >= 15 is 0 Å². The highest BCUT2D eigenvalue weighted by Crippen LogP contribution is 2.28. The fraction of sp³-hybridized carbons (Fsp3) is 0.360. The van der Waals surface area contributed by atoms with E-state index in [2.05, 4.69) is 27.1 Å². The molecule has 0 radical (unpaired) electrons. The second-order valence-corrected chi connectivity index (χ2v) is 9.29. The molecule has 0 aliphatic carbocycles. The lowest BCUT2D eigenvalue weighted by Crippen LogP contribution is -2.44. The Labute approximate surface area is 199 Å². The molecule has 3 N–H and O–H groups in total. The lowest BCUT2D eigenvalue weighted by atomic mass is 10.1. The van der Waals surface area contributed by atoms with Gasteiger partial charge in [0.25, 0.3) is 0 Å². The number of aromatic nitrogens is 1. The number of nitrogens with one attached hydrogen (secondary N) is 1. The topological polar surface area (TPSA) is 83.7 Å². The standard InChI is InChI=1S/C25H31N5O2S/c1-29-14-16-30(17-15-29)13-5-12-27-25-28-24(26)23(33-25)22(31)20-8-10-21(11-9-20)32-18-19-6-3-2-4-7-19/h2-4,6-11H,5,12-18,26H2,1H3,(H,27,28). The van der Waals surface area contributed by atoms with Gasteiger partial charge in [0.1, 0.15) is 23.1 Å². The second kappa shape index (κ2) is 11.3. The Hall–Kier alpha value is -2.94. The van der Waals surface area contributed by atoms with Crippen LogP contribution in [0, 0.1) is 0 Å². The highest BCUT2D eigenvalue weighted by molar-refractivity contribution is 7.18. The molecule has 174 valence electrons. The average Bonchev–Trinajstić information content (AvgIpc) is 3.22. The number of carbonyl (C=O) groups is 1. The van der Waals surface area contributed by atoms with Crippen molar-refractivity contribution >= 4 is 28.1 Å². The number of ketones is 1. The lowest BCUT2D eigenvalue weighted by molar-refractivity contribution is 0.104. The number of benzene rings is 2. The normalized spacial score (nSPS) is 14.8. The Balaban J connectivity index is 1.26. The molecular formula is C25H31N5O2S. The number of nitrogens with zero attached hydrogens (tertiary/aromatic N) is 3. The van der Waals surface area contributed by atoms with E-state index in [0.29, 0.717) is 22.2 Å². The zero-order valence-corrected chi connectivity index (χ0v) is 19.8. The molecule has 0 bridgehead atoms. The van der Waals surface area contributed by atoms with Gasteiger partial charge < -0.3 is 25.6 Å². The summed E-state index contributed by atoms with van der Waals surface area (Å²) in [5.41, 5.74) is 7.72. The maximum absolute atomic E-state index is 12.9. The summed E-state index contributed by atoms with van der Waals surface area (Å²) >= 11 is 1.31. The second-order valence-electron chi connectivity index (χ2n) is 8.29. The van der Waals surface area contributed by atoms with Crippen LogP contribution in [0.1, 0.15) is 27.2 Å². The van der Waals surface area contributed by atoms with E-state index in [1.54, 1.807) is 12.1 Å². The molecule has 1 aliphatic rings. The summed E-state index contributed by atoms with van der Waals surface area (Å²) in [7, 11) is 2.17. The van der Waals surface area contributed by atoms with Crippen molar-refractivity contribution in [3.63, 3.8) is 0 Å². The van der Waals surface area contributed by atoms with E-state index in [9.17, 15) is 4.79 Å². The first-order valence-electron chi connectivity index (χ1n) is 11.3. The molecule has 1 fully saturated rings. The summed E-state index contributed by atoms with van der Waals surface area (Å²) in [6.07, 6.45) is 1.02. The van der Waals surface area contributed by atoms with Gasteiger partial charge in [-0.25, -0.2) is 4.98 Å². The lowest BCUT2D eigenvalue weighted by Gasteiger charge is -2.32. The molecule has 0 amide bonds. The summed E-state index contributed by atoms with van der Waals surface area (Å²) in [5.74, 6) is 0.872. The van der Waals surface area contributed by atoms with Crippen LogP contribution < -0.4 is 15.8 Å². The minimum Gasteiger partial charge on any atom is -0.489 e. The van der Waals surface area contributed by atoms with Crippen molar-refractivity contribution in [3.8, 4) is 5.75 Å². The molecule has 0 unspecified atom stereocenters. The van der Waals surface area contributed by atoms with Crippen molar-refractivity contribution in [2.45, 2.75) is 13.0 Å². The van der Waals surface area contributed by atoms with E-state index in [4.69, 9.17) is 10.5 Å². The van der Waals surface area contributed by atoms with E-state index in [1.165, 1.54) is 11.3 Å². The fourth-order valence-corrected chi connectivity index (χ4v) is 4.59. The molecule has 4 rings (SSSR count). The predicted molar refractivity (Wildman–Crippen MR) is 134 cm³/mol. The van der Waals surface area contributed by atoms with E-state index in [1.807, 2.05) is 42.5 Å². The van der Waals surface area contributed by atoms with Gasteiger partial charge >= 0.3 is 0 Å². The number of piperazine rings is 1. The van der Waals surface area contributed by atoms with Crippen molar-refractivity contribution in [2.75, 3.05) is 57.4 Å². The van der Waals surface area contributed by atoms with Crippen LogP contribution in [0.15, 0.2) is 54.6 Å². The van der Waals surface area contributed by atoms with E-state index in [-0.39, 0.29) is 11.6 Å². The van der Waals surface area contributed by atoms with Crippen molar-refractivity contribution in [1.82, 2.24) is 14.8 Å². The average molecular weight is 466 g/mol. The minimum atomic E-state index is -0.120. The quantitative estimate of drug-likeness (QED) is 0.350. The van der Waals surface area contributed by atoms with Gasteiger partial charge in [0, 0.05) is 38.3 Å². The van der Waals surface area contributed by atoms with E-state index in [0.717, 1.165) is 57.0 Å². The summed E-state index contributed by atoms with van der Waals surface area (Å²) in [6.45, 7) is 6.85. The number of ether oxygens (including phenoxy) is 1. The molecule has 1 aromatic heterocycles. The molecule has 0 spiro atoms. The summed E-state index contributed by atoms with van der Waals surface area (Å²) in [4.78, 5) is 22.6. The van der Waals surface area contributed by atoms with Crippen LogP contribution in [0.5, 0.6) is 5.75 Å². The molecule has 0 saturated carbocycles. The zero-order chi connectivity index (χ0) is 23.0. The van der Waals surface area contributed by atoms with Gasteiger partial charge in [-0.2, -0.15) is 0 Å². The SMILES string of the molecule is CN1CCN(CCCNc2nc(N)c(C(=O)c3ccc(OCc4ccccc4)cc3)s2)CC1. The first kappa shape index (κ1) is 23.2. The van der Waals surface area contributed by atoms with Crippen molar-refractivity contribution < 1.29 is 9.53 Å². The van der Waals surface area contributed by atoms with Crippen LogP contribution in [0.25, 0.3) is 0 Å².